The highest BCUT2D eigenvalue weighted by Gasteiger charge is 2.31. The van der Waals surface area contributed by atoms with Gasteiger partial charge in [0.1, 0.15) is 5.75 Å². The second-order valence-corrected chi connectivity index (χ2v) is 7.64. The van der Waals surface area contributed by atoms with Crippen molar-refractivity contribution in [1.82, 2.24) is 10.0 Å². The van der Waals surface area contributed by atoms with Gasteiger partial charge in [0.2, 0.25) is 15.9 Å². The summed E-state index contributed by atoms with van der Waals surface area (Å²) in [6.07, 6.45) is -5.07. The van der Waals surface area contributed by atoms with Gasteiger partial charge < -0.3 is 15.4 Å². The molecule has 0 bridgehead atoms. The van der Waals surface area contributed by atoms with Crippen LogP contribution in [0.5, 0.6) is 5.75 Å². The number of benzene rings is 2. The number of ether oxygens (including phenoxy) is 1. The summed E-state index contributed by atoms with van der Waals surface area (Å²) in [5.41, 5.74) is 0.839. The average molecular weight is 445 g/mol. The maximum atomic E-state index is 12.2. The third-order valence-electron chi connectivity index (χ3n) is 3.67. The fourth-order valence-electron chi connectivity index (χ4n) is 2.28. The molecule has 30 heavy (non-hydrogen) atoms. The van der Waals surface area contributed by atoms with Crippen molar-refractivity contribution in [2.24, 2.45) is 0 Å². The van der Waals surface area contributed by atoms with Crippen LogP contribution in [0.25, 0.3) is 0 Å². The van der Waals surface area contributed by atoms with Crippen LogP contribution in [0.2, 0.25) is 0 Å². The van der Waals surface area contributed by atoms with E-state index in [1.807, 2.05) is 0 Å². The molecule has 0 spiro atoms. The minimum atomic E-state index is -4.88. The second-order valence-electron chi connectivity index (χ2n) is 5.87. The predicted octanol–water partition coefficient (Wildman–Crippen LogP) is 2.25. The van der Waals surface area contributed by atoms with Crippen molar-refractivity contribution in [3.05, 3.63) is 54.1 Å². The predicted molar refractivity (Wildman–Crippen MR) is 101 cm³/mol. The number of carbonyl (C=O) groups excluding carboxylic acids is 2. The zero-order valence-corrected chi connectivity index (χ0v) is 16.4. The summed E-state index contributed by atoms with van der Waals surface area (Å²) < 4.78 is 66.6. The van der Waals surface area contributed by atoms with E-state index in [2.05, 4.69) is 20.1 Å². The Morgan fingerprint density at radius 3 is 2.13 bits per heavy atom. The Morgan fingerprint density at radius 1 is 1.00 bits per heavy atom. The molecular formula is C18H18F3N3O5S. The molecule has 8 nitrogen and oxygen atoms in total. The third kappa shape index (κ3) is 7.04. The van der Waals surface area contributed by atoms with Gasteiger partial charge in [-0.15, -0.1) is 13.2 Å². The molecule has 0 heterocycles. The number of hydrogen-bond donors (Lipinski definition) is 3. The van der Waals surface area contributed by atoms with E-state index in [4.69, 9.17) is 0 Å². The largest absolute Gasteiger partial charge is 0.573 e. The molecule has 0 saturated heterocycles. The fourth-order valence-corrected chi connectivity index (χ4v) is 3.31. The molecule has 2 aromatic carbocycles. The summed E-state index contributed by atoms with van der Waals surface area (Å²) in [7, 11) is -2.53. The molecule has 0 unspecified atom stereocenters. The van der Waals surface area contributed by atoms with Crippen LogP contribution in [-0.2, 0) is 14.8 Å². The van der Waals surface area contributed by atoms with Crippen molar-refractivity contribution >= 4 is 27.5 Å². The van der Waals surface area contributed by atoms with Crippen molar-refractivity contribution in [3.8, 4) is 5.75 Å². The van der Waals surface area contributed by atoms with Crippen molar-refractivity contribution in [1.29, 1.82) is 0 Å². The molecule has 0 fully saturated rings. The normalized spacial score (nSPS) is 11.6. The lowest BCUT2D eigenvalue weighted by atomic mass is 10.2. The standard InChI is InChI=1S/C18H18F3N3O5S/c1-22-17(26)12-2-4-13(5-3-12)24-16(25)10-11-23-30(27,28)15-8-6-14(7-9-15)29-18(19,20)21/h2-9,23H,10-11H2,1H3,(H,22,26)(H,24,25). The van der Waals surface area contributed by atoms with Gasteiger partial charge in [-0.2, -0.15) is 0 Å². The molecule has 0 atom stereocenters. The minimum absolute atomic E-state index is 0.189. The first kappa shape index (κ1) is 23.2. The number of anilines is 1. The topological polar surface area (TPSA) is 114 Å². The quantitative estimate of drug-likeness (QED) is 0.577. The van der Waals surface area contributed by atoms with Gasteiger partial charge in [0.15, 0.2) is 0 Å². The summed E-state index contributed by atoms with van der Waals surface area (Å²) in [5.74, 6) is -1.30. The molecular weight excluding hydrogens is 427 g/mol. The smallest absolute Gasteiger partial charge is 0.406 e. The lowest BCUT2D eigenvalue weighted by Gasteiger charge is -2.10. The molecule has 0 radical (unpaired) electrons. The Bertz CT molecular complexity index is 991. The molecule has 12 heteroatoms. The molecule has 0 aliphatic heterocycles. The highest BCUT2D eigenvalue weighted by Crippen LogP contribution is 2.23. The van der Waals surface area contributed by atoms with Gasteiger partial charge in [-0.3, -0.25) is 9.59 Å². The number of sulfonamides is 1. The molecule has 0 aromatic heterocycles. The lowest BCUT2D eigenvalue weighted by molar-refractivity contribution is -0.274. The van der Waals surface area contributed by atoms with Gasteiger partial charge in [-0.1, -0.05) is 0 Å². The maximum Gasteiger partial charge on any atom is 0.573 e. The van der Waals surface area contributed by atoms with Gasteiger partial charge in [0.25, 0.3) is 5.91 Å². The zero-order chi connectivity index (χ0) is 22.4. The van der Waals surface area contributed by atoms with Crippen molar-refractivity contribution in [2.45, 2.75) is 17.7 Å². The molecule has 0 saturated carbocycles. The number of nitrogens with one attached hydrogen (secondary N) is 3. The van der Waals surface area contributed by atoms with Gasteiger partial charge in [-0.25, -0.2) is 13.1 Å². The van der Waals surface area contributed by atoms with Gasteiger partial charge in [0, 0.05) is 31.3 Å². The zero-order valence-electron chi connectivity index (χ0n) is 15.6. The fraction of sp³-hybridized carbons (Fsp3) is 0.222. The van der Waals surface area contributed by atoms with E-state index in [-0.39, 0.29) is 23.8 Å². The molecule has 2 amide bonds. The van der Waals surface area contributed by atoms with Crippen molar-refractivity contribution in [2.75, 3.05) is 18.9 Å². The first-order valence-corrected chi connectivity index (χ1v) is 9.96. The summed E-state index contributed by atoms with van der Waals surface area (Å²) in [6.45, 7) is -0.231. The van der Waals surface area contributed by atoms with Crippen LogP contribution in [0.3, 0.4) is 0 Å². The average Bonchev–Trinajstić information content (AvgIpc) is 2.67. The van der Waals surface area contributed by atoms with Crippen LogP contribution in [-0.4, -0.2) is 40.2 Å². The third-order valence-corrected chi connectivity index (χ3v) is 5.15. The van der Waals surface area contributed by atoms with Crippen LogP contribution in [0.1, 0.15) is 16.8 Å². The van der Waals surface area contributed by atoms with E-state index in [0.29, 0.717) is 11.3 Å². The molecule has 0 aliphatic rings. The maximum absolute atomic E-state index is 12.2. The monoisotopic (exact) mass is 445 g/mol. The van der Waals surface area contributed by atoms with Crippen LogP contribution >= 0.6 is 0 Å². The number of amides is 2. The van der Waals surface area contributed by atoms with E-state index < -0.39 is 28.0 Å². The van der Waals surface area contributed by atoms with Crippen LogP contribution in [0.15, 0.2) is 53.4 Å². The summed E-state index contributed by atoms with van der Waals surface area (Å²) in [5, 5.41) is 5.01. The molecule has 2 aromatic rings. The SMILES string of the molecule is CNC(=O)c1ccc(NC(=O)CCNS(=O)(=O)c2ccc(OC(F)(F)F)cc2)cc1. The van der Waals surface area contributed by atoms with E-state index in [9.17, 15) is 31.2 Å². The molecule has 162 valence electrons. The van der Waals surface area contributed by atoms with Crippen molar-refractivity contribution in [3.63, 3.8) is 0 Å². The van der Waals surface area contributed by atoms with Crippen LogP contribution < -0.4 is 20.1 Å². The van der Waals surface area contributed by atoms with Crippen LogP contribution in [0.4, 0.5) is 18.9 Å². The Balaban J connectivity index is 1.86. The first-order chi connectivity index (χ1) is 14.0. The van der Waals surface area contributed by atoms with E-state index in [1.165, 1.54) is 31.3 Å². The van der Waals surface area contributed by atoms with Gasteiger partial charge >= 0.3 is 6.36 Å². The summed E-state index contributed by atoms with van der Waals surface area (Å²) in [4.78, 5) is 23.1. The number of halogens is 3. The van der Waals surface area contributed by atoms with E-state index in [0.717, 1.165) is 24.3 Å². The summed E-state index contributed by atoms with van der Waals surface area (Å²) >= 11 is 0. The highest BCUT2D eigenvalue weighted by atomic mass is 32.2. The Labute approximate surface area is 170 Å². The summed E-state index contributed by atoms with van der Waals surface area (Å²) in [6, 6.07) is 9.74. The van der Waals surface area contributed by atoms with Crippen molar-refractivity contribution < 1.29 is 35.9 Å². The molecule has 3 N–H and O–H groups in total. The van der Waals surface area contributed by atoms with E-state index in [1.54, 1.807) is 0 Å². The first-order valence-electron chi connectivity index (χ1n) is 8.47. The highest BCUT2D eigenvalue weighted by molar-refractivity contribution is 7.89. The Hall–Kier alpha value is -3.12. The number of hydrogen-bond acceptors (Lipinski definition) is 5. The van der Waals surface area contributed by atoms with Gasteiger partial charge in [0.05, 0.1) is 4.90 Å². The number of alkyl halides is 3. The Morgan fingerprint density at radius 2 is 1.60 bits per heavy atom. The second kappa shape index (κ2) is 9.59. The van der Waals surface area contributed by atoms with E-state index >= 15 is 0 Å². The molecule has 2 rings (SSSR count). The number of carbonyl (C=O) groups is 2. The Kier molecular flexibility index (Phi) is 7.40. The molecule has 0 aliphatic carbocycles. The lowest BCUT2D eigenvalue weighted by Crippen LogP contribution is -2.28. The number of rotatable bonds is 8. The minimum Gasteiger partial charge on any atom is -0.406 e. The van der Waals surface area contributed by atoms with Gasteiger partial charge in [-0.05, 0) is 48.5 Å². The van der Waals surface area contributed by atoms with Crippen LogP contribution in [0, 0.1) is 0 Å².